The first-order chi connectivity index (χ1) is 12.1. The highest BCUT2D eigenvalue weighted by molar-refractivity contribution is 9.10. The van der Waals surface area contributed by atoms with E-state index in [9.17, 15) is 4.79 Å². The maximum absolute atomic E-state index is 11.8. The molecule has 2 aromatic carbocycles. The van der Waals surface area contributed by atoms with Crippen molar-refractivity contribution in [1.82, 2.24) is 5.43 Å². The van der Waals surface area contributed by atoms with Crippen LogP contribution in [0.15, 0.2) is 52.0 Å². The second-order valence-electron chi connectivity index (χ2n) is 6.07. The van der Waals surface area contributed by atoms with Gasteiger partial charge in [-0.05, 0) is 67.3 Å². The molecule has 130 valence electrons. The Hall–Kier alpha value is -2.34. The molecule has 3 rings (SSSR count). The summed E-state index contributed by atoms with van der Waals surface area (Å²) in [4.78, 5) is 14.2. The van der Waals surface area contributed by atoms with Crippen LogP contribution < -0.4 is 15.6 Å². The fourth-order valence-electron chi connectivity index (χ4n) is 2.83. The lowest BCUT2D eigenvalue weighted by Gasteiger charge is -2.18. The number of aryl methyl sites for hydroxylation is 1. The molecule has 0 saturated carbocycles. The van der Waals surface area contributed by atoms with Gasteiger partial charge in [0.05, 0.1) is 6.21 Å². The van der Waals surface area contributed by atoms with Crippen molar-refractivity contribution < 1.29 is 4.79 Å². The van der Waals surface area contributed by atoms with Gasteiger partial charge in [0, 0.05) is 28.9 Å². The van der Waals surface area contributed by atoms with Crippen LogP contribution in [0.5, 0.6) is 0 Å². The van der Waals surface area contributed by atoms with E-state index < -0.39 is 0 Å². The molecule has 1 aliphatic rings. The topological polar surface area (TPSA) is 56.7 Å². The molecule has 1 saturated heterocycles. The third-order valence-corrected chi connectivity index (χ3v) is 4.73. The molecule has 0 atom stereocenters. The molecule has 0 aliphatic carbocycles. The predicted molar refractivity (Wildman–Crippen MR) is 107 cm³/mol. The summed E-state index contributed by atoms with van der Waals surface area (Å²) in [5.74, 6) is 0. The Kier molecular flexibility index (Phi) is 5.71. The van der Waals surface area contributed by atoms with Crippen molar-refractivity contribution >= 4 is 39.6 Å². The van der Waals surface area contributed by atoms with Crippen LogP contribution in [0.4, 0.5) is 16.2 Å². The zero-order valence-electron chi connectivity index (χ0n) is 14.1. The number of hydrazone groups is 1. The Balaban J connectivity index is 1.56. The summed E-state index contributed by atoms with van der Waals surface area (Å²) in [5.41, 5.74) is 6.59. The van der Waals surface area contributed by atoms with Crippen molar-refractivity contribution in [2.24, 2.45) is 5.10 Å². The molecule has 0 radical (unpaired) electrons. The molecule has 0 spiro atoms. The third-order valence-electron chi connectivity index (χ3n) is 4.20. The zero-order chi connectivity index (χ0) is 17.6. The number of rotatable bonds is 4. The van der Waals surface area contributed by atoms with Crippen molar-refractivity contribution in [2.75, 3.05) is 23.3 Å². The Morgan fingerprint density at radius 2 is 1.88 bits per heavy atom. The van der Waals surface area contributed by atoms with Gasteiger partial charge in [-0.15, -0.1) is 0 Å². The molecule has 2 amide bonds. The molecule has 1 heterocycles. The standard InChI is InChI=1S/C19H21BrN4O/c1-14-12-18(24-10-2-3-11-24)9-4-15(14)13-21-23-19(25)22-17-7-5-16(20)6-8-17/h4-9,12-13H,2-3,10-11H2,1H3,(H2,22,23,25)/b21-13+. The van der Waals surface area contributed by atoms with E-state index in [0.717, 1.165) is 28.7 Å². The Morgan fingerprint density at radius 3 is 2.56 bits per heavy atom. The van der Waals surface area contributed by atoms with Gasteiger partial charge in [-0.3, -0.25) is 0 Å². The fourth-order valence-corrected chi connectivity index (χ4v) is 3.09. The number of hydrogen-bond donors (Lipinski definition) is 2. The predicted octanol–water partition coefficient (Wildman–Crippen LogP) is 4.51. The van der Waals surface area contributed by atoms with Gasteiger partial charge in [-0.1, -0.05) is 22.0 Å². The van der Waals surface area contributed by atoms with Crippen LogP contribution in [0.3, 0.4) is 0 Å². The van der Waals surface area contributed by atoms with Gasteiger partial charge in [-0.2, -0.15) is 5.10 Å². The lowest BCUT2D eigenvalue weighted by molar-refractivity contribution is 0.252. The van der Waals surface area contributed by atoms with Gasteiger partial charge in [0.1, 0.15) is 0 Å². The van der Waals surface area contributed by atoms with Gasteiger partial charge in [0.25, 0.3) is 0 Å². The molecule has 0 unspecified atom stereocenters. The molecule has 5 nitrogen and oxygen atoms in total. The first-order valence-corrected chi connectivity index (χ1v) is 9.12. The number of carbonyl (C=O) groups excluding carboxylic acids is 1. The summed E-state index contributed by atoms with van der Waals surface area (Å²) < 4.78 is 0.962. The second-order valence-corrected chi connectivity index (χ2v) is 6.98. The van der Waals surface area contributed by atoms with Gasteiger partial charge < -0.3 is 10.2 Å². The highest BCUT2D eigenvalue weighted by Gasteiger charge is 2.12. The summed E-state index contributed by atoms with van der Waals surface area (Å²) in [7, 11) is 0. The van der Waals surface area contributed by atoms with Crippen LogP contribution in [0.25, 0.3) is 0 Å². The monoisotopic (exact) mass is 400 g/mol. The van der Waals surface area contributed by atoms with E-state index in [4.69, 9.17) is 0 Å². The number of anilines is 2. The van der Waals surface area contributed by atoms with Crippen LogP contribution >= 0.6 is 15.9 Å². The largest absolute Gasteiger partial charge is 0.372 e. The lowest BCUT2D eigenvalue weighted by Crippen LogP contribution is -2.24. The number of amides is 2. The van der Waals surface area contributed by atoms with Crippen molar-refractivity contribution in [3.05, 3.63) is 58.1 Å². The maximum Gasteiger partial charge on any atom is 0.339 e. The van der Waals surface area contributed by atoms with E-state index in [1.165, 1.54) is 18.5 Å². The van der Waals surface area contributed by atoms with Crippen LogP contribution in [-0.2, 0) is 0 Å². The van der Waals surface area contributed by atoms with Crippen molar-refractivity contribution in [2.45, 2.75) is 19.8 Å². The second kappa shape index (κ2) is 8.16. The SMILES string of the molecule is Cc1cc(N2CCCC2)ccc1/C=N/NC(=O)Nc1ccc(Br)cc1. The van der Waals surface area contributed by atoms with Crippen LogP contribution in [-0.4, -0.2) is 25.3 Å². The minimum atomic E-state index is -0.370. The maximum atomic E-state index is 11.8. The summed E-state index contributed by atoms with van der Waals surface area (Å²) in [5, 5.41) is 6.76. The quantitative estimate of drug-likeness (QED) is 0.585. The number of benzene rings is 2. The van der Waals surface area contributed by atoms with Crippen LogP contribution in [0.1, 0.15) is 24.0 Å². The minimum Gasteiger partial charge on any atom is -0.372 e. The van der Waals surface area contributed by atoms with Gasteiger partial charge in [0.15, 0.2) is 0 Å². The van der Waals surface area contributed by atoms with E-state index >= 15 is 0 Å². The fraction of sp³-hybridized carbons (Fsp3) is 0.263. The Morgan fingerprint density at radius 1 is 1.16 bits per heavy atom. The first-order valence-electron chi connectivity index (χ1n) is 8.33. The summed E-state index contributed by atoms with van der Waals surface area (Å²) in [6.07, 6.45) is 4.20. The number of carbonyl (C=O) groups is 1. The Bertz CT molecular complexity index is 767. The van der Waals surface area contributed by atoms with E-state index in [1.54, 1.807) is 6.21 Å². The smallest absolute Gasteiger partial charge is 0.339 e. The zero-order valence-corrected chi connectivity index (χ0v) is 15.7. The number of hydrogen-bond acceptors (Lipinski definition) is 3. The van der Waals surface area contributed by atoms with E-state index in [1.807, 2.05) is 30.3 Å². The van der Waals surface area contributed by atoms with Gasteiger partial charge in [-0.25, -0.2) is 10.2 Å². The summed E-state index contributed by atoms with van der Waals surface area (Å²) >= 11 is 3.36. The molecule has 0 bridgehead atoms. The highest BCUT2D eigenvalue weighted by atomic mass is 79.9. The molecular weight excluding hydrogens is 380 g/mol. The number of urea groups is 1. The lowest BCUT2D eigenvalue weighted by atomic mass is 10.1. The van der Waals surface area contributed by atoms with Gasteiger partial charge in [0.2, 0.25) is 0 Å². The minimum absolute atomic E-state index is 0.370. The first kappa shape index (κ1) is 17.5. The van der Waals surface area contributed by atoms with E-state index in [2.05, 4.69) is 55.7 Å². The summed E-state index contributed by atoms with van der Waals surface area (Å²) in [6, 6.07) is 13.3. The van der Waals surface area contributed by atoms with Crippen molar-refractivity contribution in [3.63, 3.8) is 0 Å². The average Bonchev–Trinajstić information content (AvgIpc) is 3.13. The van der Waals surface area contributed by atoms with Gasteiger partial charge >= 0.3 is 6.03 Å². The average molecular weight is 401 g/mol. The molecule has 2 aromatic rings. The molecule has 6 heteroatoms. The van der Waals surface area contributed by atoms with Crippen molar-refractivity contribution in [1.29, 1.82) is 0 Å². The van der Waals surface area contributed by atoms with E-state index in [-0.39, 0.29) is 6.03 Å². The summed E-state index contributed by atoms with van der Waals surface area (Å²) in [6.45, 7) is 4.32. The van der Waals surface area contributed by atoms with E-state index in [0.29, 0.717) is 5.69 Å². The molecular formula is C19H21BrN4O. The van der Waals surface area contributed by atoms with Crippen LogP contribution in [0, 0.1) is 6.92 Å². The molecule has 25 heavy (non-hydrogen) atoms. The molecule has 1 fully saturated rings. The highest BCUT2D eigenvalue weighted by Crippen LogP contribution is 2.22. The Labute approximate surface area is 156 Å². The molecule has 0 aromatic heterocycles. The van der Waals surface area contributed by atoms with Crippen LogP contribution in [0.2, 0.25) is 0 Å². The number of nitrogens with zero attached hydrogens (tertiary/aromatic N) is 2. The van der Waals surface area contributed by atoms with Crippen molar-refractivity contribution in [3.8, 4) is 0 Å². The number of nitrogens with one attached hydrogen (secondary N) is 2. The normalized spacial score (nSPS) is 14.1. The number of halogens is 1. The molecule has 1 aliphatic heterocycles. The third kappa shape index (κ3) is 4.82. The molecule has 2 N–H and O–H groups in total.